The highest BCUT2D eigenvalue weighted by Gasteiger charge is 2.48. The van der Waals surface area contributed by atoms with Crippen molar-refractivity contribution in [3.8, 4) is 0 Å². The molecule has 0 amide bonds. The minimum Gasteiger partial charge on any atom is -0.462 e. The smallest absolute Gasteiger partial charge is 0.302 e. The average Bonchev–Trinajstić information content (AvgIpc) is 2.81. The van der Waals surface area contributed by atoms with Crippen molar-refractivity contribution in [2.75, 3.05) is 13.1 Å². The predicted octanol–water partition coefficient (Wildman–Crippen LogP) is 1.18. The van der Waals surface area contributed by atoms with E-state index >= 15 is 0 Å². The molecule has 2 aliphatic carbocycles. The first-order valence-electron chi connectivity index (χ1n) is 7.77. The molecule has 1 heterocycles. The first-order valence-corrected chi connectivity index (χ1v) is 7.77. The van der Waals surface area contributed by atoms with Crippen molar-refractivity contribution in [1.82, 2.24) is 0 Å². The van der Waals surface area contributed by atoms with Crippen LogP contribution in [-0.2, 0) is 9.53 Å². The number of fused-ring (bicyclic) bond motifs is 2. The molecule has 1 saturated heterocycles. The highest BCUT2D eigenvalue weighted by atomic mass is 16.5. The molecule has 0 aromatic rings. The second-order valence-corrected chi connectivity index (χ2v) is 6.48. The van der Waals surface area contributed by atoms with Crippen LogP contribution in [0, 0.1) is 11.8 Å². The third-order valence-electron chi connectivity index (χ3n) is 5.44. The normalized spacial score (nSPS) is 40.7. The van der Waals surface area contributed by atoms with Gasteiger partial charge in [-0.2, -0.15) is 0 Å². The molecule has 3 nitrogen and oxygen atoms in total. The molecule has 0 radical (unpaired) electrons. The third-order valence-corrected chi connectivity index (χ3v) is 5.44. The fraction of sp³-hybridized carbons (Fsp3) is 0.933. The molecule has 0 spiro atoms. The summed E-state index contributed by atoms with van der Waals surface area (Å²) in [6, 6.07) is 0.772. The van der Waals surface area contributed by atoms with Crippen LogP contribution in [0.4, 0.5) is 0 Å². The Bertz CT molecular complexity index is 312. The summed E-state index contributed by atoms with van der Waals surface area (Å²) in [6.07, 6.45) is 9.56. The Morgan fingerprint density at radius 3 is 2.56 bits per heavy atom. The van der Waals surface area contributed by atoms with Gasteiger partial charge in [0.05, 0.1) is 19.1 Å². The molecule has 3 fully saturated rings. The Morgan fingerprint density at radius 2 is 1.83 bits per heavy atom. The van der Waals surface area contributed by atoms with Crippen LogP contribution >= 0.6 is 0 Å². The van der Waals surface area contributed by atoms with Crippen molar-refractivity contribution in [1.29, 1.82) is 0 Å². The molecule has 18 heavy (non-hydrogen) atoms. The van der Waals surface area contributed by atoms with Crippen LogP contribution in [0.5, 0.6) is 0 Å². The third kappa shape index (κ3) is 2.29. The number of nitrogens with one attached hydrogen (secondary N) is 1. The molecule has 1 aliphatic heterocycles. The lowest BCUT2D eigenvalue weighted by Crippen LogP contribution is -3.15. The molecule has 4 atom stereocenters. The molecule has 0 aromatic heterocycles. The molecule has 2 bridgehead atoms. The standard InChI is InChI=1S/C15H25NO2/c1-11(17)18-15-12-5-4-6-13(15)14(8-7-12)16-9-2-3-10-16/h12-15H,2-10H2,1H3/p+1/t12-,13+,14+,15-/m0/s1. The predicted molar refractivity (Wildman–Crippen MR) is 69.3 cm³/mol. The van der Waals surface area contributed by atoms with E-state index < -0.39 is 0 Å². The second kappa shape index (κ2) is 5.20. The minimum absolute atomic E-state index is 0.0750. The Labute approximate surface area is 110 Å². The van der Waals surface area contributed by atoms with E-state index in [0.29, 0.717) is 11.8 Å². The lowest BCUT2D eigenvalue weighted by atomic mass is 9.67. The topological polar surface area (TPSA) is 30.7 Å². The molecule has 3 aliphatic rings. The highest BCUT2D eigenvalue weighted by molar-refractivity contribution is 5.66. The van der Waals surface area contributed by atoms with Crippen LogP contribution in [-0.4, -0.2) is 31.2 Å². The second-order valence-electron chi connectivity index (χ2n) is 6.48. The number of carbonyl (C=O) groups excluding carboxylic acids is 1. The van der Waals surface area contributed by atoms with Gasteiger partial charge in [0.15, 0.2) is 0 Å². The van der Waals surface area contributed by atoms with E-state index in [9.17, 15) is 4.79 Å². The number of esters is 1. The maximum Gasteiger partial charge on any atom is 0.302 e. The number of likely N-dealkylation sites (tertiary alicyclic amines) is 1. The number of carbonyl (C=O) groups is 1. The summed E-state index contributed by atoms with van der Waals surface area (Å²) in [5.74, 6) is 1.23. The Morgan fingerprint density at radius 1 is 1.06 bits per heavy atom. The van der Waals surface area contributed by atoms with Crippen molar-refractivity contribution in [3.05, 3.63) is 0 Å². The molecular weight excluding hydrogens is 226 g/mol. The molecule has 3 heteroatoms. The SMILES string of the molecule is CC(=O)O[C@H]1[C@H]2CCC[C@@H]1[C@H]([NH+]1CCCC1)CC2. The summed E-state index contributed by atoms with van der Waals surface area (Å²) in [7, 11) is 0. The number of hydrogen-bond acceptors (Lipinski definition) is 2. The van der Waals surface area contributed by atoms with Gasteiger partial charge in [0.25, 0.3) is 0 Å². The lowest BCUT2D eigenvalue weighted by Gasteiger charge is -2.46. The van der Waals surface area contributed by atoms with Gasteiger partial charge in [0.2, 0.25) is 0 Å². The van der Waals surface area contributed by atoms with E-state index in [2.05, 4.69) is 0 Å². The summed E-state index contributed by atoms with van der Waals surface area (Å²) in [5, 5.41) is 0. The zero-order chi connectivity index (χ0) is 12.5. The zero-order valence-electron chi connectivity index (χ0n) is 11.5. The van der Waals surface area contributed by atoms with E-state index in [4.69, 9.17) is 4.74 Å². The summed E-state index contributed by atoms with van der Waals surface area (Å²) in [6.45, 7) is 4.26. The molecular formula is C15H26NO2+. The van der Waals surface area contributed by atoms with Gasteiger partial charge in [-0.3, -0.25) is 4.79 Å². The molecule has 0 unspecified atom stereocenters. The zero-order valence-corrected chi connectivity index (χ0v) is 11.5. The summed E-state index contributed by atoms with van der Waals surface area (Å²) >= 11 is 0. The first kappa shape index (κ1) is 12.5. The van der Waals surface area contributed by atoms with Gasteiger partial charge in [-0.25, -0.2) is 0 Å². The maximum absolute atomic E-state index is 11.3. The number of quaternary nitrogens is 1. The number of rotatable bonds is 2. The van der Waals surface area contributed by atoms with Crippen LogP contribution in [0.15, 0.2) is 0 Å². The minimum atomic E-state index is -0.0750. The average molecular weight is 252 g/mol. The van der Waals surface area contributed by atoms with Crippen LogP contribution in [0.2, 0.25) is 0 Å². The van der Waals surface area contributed by atoms with Gasteiger partial charge in [0.1, 0.15) is 6.10 Å². The van der Waals surface area contributed by atoms with E-state index in [1.165, 1.54) is 58.0 Å². The van der Waals surface area contributed by atoms with Crippen LogP contribution in [0.3, 0.4) is 0 Å². The first-order chi connectivity index (χ1) is 8.75. The molecule has 2 saturated carbocycles. The lowest BCUT2D eigenvalue weighted by molar-refractivity contribution is -0.919. The molecule has 1 N–H and O–H groups in total. The van der Waals surface area contributed by atoms with E-state index in [1.807, 2.05) is 0 Å². The van der Waals surface area contributed by atoms with Crippen LogP contribution in [0.1, 0.15) is 51.9 Å². The maximum atomic E-state index is 11.3. The van der Waals surface area contributed by atoms with Crippen molar-refractivity contribution < 1.29 is 14.4 Å². The van der Waals surface area contributed by atoms with Gasteiger partial charge >= 0.3 is 5.97 Å². The van der Waals surface area contributed by atoms with Crippen molar-refractivity contribution >= 4 is 5.97 Å². The van der Waals surface area contributed by atoms with Crippen molar-refractivity contribution in [2.24, 2.45) is 11.8 Å². The largest absolute Gasteiger partial charge is 0.462 e. The summed E-state index contributed by atoms with van der Waals surface area (Å²) in [4.78, 5) is 13.1. The number of ether oxygens (including phenoxy) is 1. The fourth-order valence-electron chi connectivity index (χ4n) is 4.72. The van der Waals surface area contributed by atoms with E-state index in [0.717, 1.165) is 6.04 Å². The Hall–Kier alpha value is -0.570. The van der Waals surface area contributed by atoms with Gasteiger partial charge in [-0.05, 0) is 25.2 Å². The quantitative estimate of drug-likeness (QED) is 0.748. The van der Waals surface area contributed by atoms with Gasteiger partial charge in [-0.15, -0.1) is 0 Å². The Kier molecular flexibility index (Phi) is 3.60. The fourth-order valence-corrected chi connectivity index (χ4v) is 4.72. The molecule has 102 valence electrons. The Balaban J connectivity index is 1.74. The van der Waals surface area contributed by atoms with Crippen LogP contribution < -0.4 is 4.90 Å². The van der Waals surface area contributed by atoms with E-state index in [1.54, 1.807) is 11.8 Å². The molecule has 3 rings (SSSR count). The van der Waals surface area contributed by atoms with E-state index in [-0.39, 0.29) is 12.1 Å². The highest BCUT2D eigenvalue weighted by Crippen LogP contribution is 2.41. The van der Waals surface area contributed by atoms with Gasteiger partial charge in [0, 0.05) is 32.1 Å². The summed E-state index contributed by atoms with van der Waals surface area (Å²) < 4.78 is 5.70. The molecule has 0 aromatic carbocycles. The number of hydrogen-bond donors (Lipinski definition) is 1. The van der Waals surface area contributed by atoms with Crippen molar-refractivity contribution in [3.63, 3.8) is 0 Å². The van der Waals surface area contributed by atoms with Crippen LogP contribution in [0.25, 0.3) is 0 Å². The van der Waals surface area contributed by atoms with Crippen molar-refractivity contribution in [2.45, 2.75) is 64.0 Å². The monoisotopic (exact) mass is 252 g/mol. The summed E-state index contributed by atoms with van der Waals surface area (Å²) in [5.41, 5.74) is 0. The van der Waals surface area contributed by atoms with Gasteiger partial charge < -0.3 is 9.64 Å². The van der Waals surface area contributed by atoms with Gasteiger partial charge in [-0.1, -0.05) is 6.42 Å².